The Balaban J connectivity index is 1.87. The molecule has 3 aromatic rings. The molecule has 1 aromatic heterocycles. The molecule has 4 N–H and O–H groups in total. The third kappa shape index (κ3) is 2.67. The summed E-state index contributed by atoms with van der Waals surface area (Å²) in [5, 5.41) is 2.73. The number of benzene rings is 2. The number of carbonyl (C=O) groups excluding carboxylic acids is 2. The highest BCUT2D eigenvalue weighted by molar-refractivity contribution is 6.04. The van der Waals surface area contributed by atoms with Crippen LogP contribution in [0.5, 0.6) is 0 Å². The van der Waals surface area contributed by atoms with Crippen LogP contribution in [-0.2, 0) is 0 Å². The van der Waals surface area contributed by atoms with Crippen LogP contribution in [-0.4, -0.2) is 21.7 Å². The lowest BCUT2D eigenvalue weighted by Gasteiger charge is -2.02. The minimum absolute atomic E-state index is 0.0437. The van der Waals surface area contributed by atoms with Crippen LogP contribution in [0.3, 0.4) is 0 Å². The fourth-order valence-corrected chi connectivity index (χ4v) is 2.09. The zero-order valence-electron chi connectivity index (χ0n) is 11.9. The van der Waals surface area contributed by atoms with Crippen LogP contribution < -0.4 is 11.1 Å². The predicted octanol–water partition coefficient (Wildman–Crippen LogP) is 2.60. The normalized spacial score (nSPS) is 10.6. The van der Waals surface area contributed by atoms with Gasteiger partial charge in [0.15, 0.2) is 11.6 Å². The third-order valence-corrected chi connectivity index (χ3v) is 3.27. The SMILES string of the molecule is CC(=O)c1ccc2[nH]c(C(=O)Nc3ccc(N)cc3)nc2c1. The van der Waals surface area contributed by atoms with Crippen LogP contribution in [0.4, 0.5) is 11.4 Å². The maximum absolute atomic E-state index is 12.2. The summed E-state index contributed by atoms with van der Waals surface area (Å²) in [7, 11) is 0. The van der Waals surface area contributed by atoms with Gasteiger partial charge in [-0.1, -0.05) is 0 Å². The smallest absolute Gasteiger partial charge is 0.291 e. The van der Waals surface area contributed by atoms with Gasteiger partial charge in [0.25, 0.3) is 5.91 Å². The van der Waals surface area contributed by atoms with Crippen LogP contribution in [0.15, 0.2) is 42.5 Å². The minimum Gasteiger partial charge on any atom is -0.399 e. The predicted molar refractivity (Wildman–Crippen MR) is 84.9 cm³/mol. The number of nitrogen functional groups attached to an aromatic ring is 1. The van der Waals surface area contributed by atoms with Crippen LogP contribution in [0.2, 0.25) is 0 Å². The second-order valence-electron chi connectivity index (χ2n) is 4.95. The molecule has 0 saturated heterocycles. The Labute approximate surface area is 126 Å². The van der Waals surface area contributed by atoms with Crippen molar-refractivity contribution in [3.8, 4) is 0 Å². The first kappa shape index (κ1) is 13.8. The van der Waals surface area contributed by atoms with Crippen molar-refractivity contribution in [2.45, 2.75) is 6.92 Å². The van der Waals surface area contributed by atoms with Gasteiger partial charge in [-0.25, -0.2) is 4.98 Å². The molecule has 0 aliphatic rings. The van der Waals surface area contributed by atoms with E-state index in [1.807, 2.05) is 0 Å². The van der Waals surface area contributed by atoms with Crippen molar-refractivity contribution in [2.75, 3.05) is 11.1 Å². The number of hydrogen-bond donors (Lipinski definition) is 3. The van der Waals surface area contributed by atoms with Gasteiger partial charge in [-0.2, -0.15) is 0 Å². The fraction of sp³-hybridized carbons (Fsp3) is 0.0625. The highest BCUT2D eigenvalue weighted by atomic mass is 16.2. The first-order chi connectivity index (χ1) is 10.5. The number of H-pyrrole nitrogens is 1. The highest BCUT2D eigenvalue weighted by Gasteiger charge is 2.12. The van der Waals surface area contributed by atoms with E-state index in [1.165, 1.54) is 6.92 Å². The molecular formula is C16H14N4O2. The number of nitrogens with one attached hydrogen (secondary N) is 2. The molecule has 6 heteroatoms. The maximum atomic E-state index is 12.2. The number of imidazole rings is 1. The quantitative estimate of drug-likeness (QED) is 0.510. The van der Waals surface area contributed by atoms with Gasteiger partial charge in [0, 0.05) is 16.9 Å². The molecule has 0 saturated carbocycles. The summed E-state index contributed by atoms with van der Waals surface area (Å²) in [4.78, 5) is 30.7. The summed E-state index contributed by atoms with van der Waals surface area (Å²) in [6, 6.07) is 11.9. The lowest BCUT2D eigenvalue weighted by molar-refractivity contribution is 0.101. The van der Waals surface area contributed by atoms with Gasteiger partial charge in [-0.05, 0) is 49.4 Å². The van der Waals surface area contributed by atoms with Crippen molar-refractivity contribution in [3.05, 3.63) is 53.9 Å². The summed E-state index contributed by atoms with van der Waals surface area (Å²) in [6.45, 7) is 1.49. The number of rotatable bonds is 3. The summed E-state index contributed by atoms with van der Waals surface area (Å²) in [5.74, 6) is -0.212. The highest BCUT2D eigenvalue weighted by Crippen LogP contribution is 2.16. The van der Waals surface area contributed by atoms with E-state index in [1.54, 1.807) is 42.5 Å². The number of aromatic amines is 1. The number of fused-ring (bicyclic) bond motifs is 1. The maximum Gasteiger partial charge on any atom is 0.291 e. The Kier molecular flexibility index (Phi) is 3.34. The first-order valence-electron chi connectivity index (χ1n) is 6.70. The number of nitrogens with zero attached hydrogens (tertiary/aromatic N) is 1. The molecule has 0 aliphatic heterocycles. The lowest BCUT2D eigenvalue weighted by atomic mass is 10.1. The molecule has 6 nitrogen and oxygen atoms in total. The number of anilines is 2. The Hall–Kier alpha value is -3.15. The van der Waals surface area contributed by atoms with Crippen LogP contribution in [0.1, 0.15) is 27.9 Å². The Morgan fingerprint density at radius 3 is 2.55 bits per heavy atom. The van der Waals surface area contributed by atoms with Crippen molar-refractivity contribution in [3.63, 3.8) is 0 Å². The van der Waals surface area contributed by atoms with Crippen molar-refractivity contribution >= 4 is 34.1 Å². The Morgan fingerprint density at radius 2 is 1.86 bits per heavy atom. The summed E-state index contributed by atoms with van der Waals surface area (Å²) >= 11 is 0. The van der Waals surface area contributed by atoms with E-state index in [2.05, 4.69) is 15.3 Å². The molecule has 1 amide bonds. The lowest BCUT2D eigenvalue weighted by Crippen LogP contribution is -2.13. The number of amides is 1. The molecule has 1 heterocycles. The van der Waals surface area contributed by atoms with Crippen LogP contribution in [0.25, 0.3) is 11.0 Å². The van der Waals surface area contributed by atoms with Gasteiger partial charge in [0.2, 0.25) is 0 Å². The van der Waals surface area contributed by atoms with Gasteiger partial charge >= 0.3 is 0 Å². The number of carbonyl (C=O) groups is 2. The number of nitrogens with two attached hydrogens (primary N) is 1. The molecule has 2 aromatic carbocycles. The number of aromatic nitrogens is 2. The molecule has 110 valence electrons. The van der Waals surface area contributed by atoms with E-state index >= 15 is 0 Å². The van der Waals surface area contributed by atoms with Crippen molar-refractivity contribution in [1.29, 1.82) is 0 Å². The number of Topliss-reactive ketones (excluding diaryl/α,β-unsaturated/α-hetero) is 1. The fourth-order valence-electron chi connectivity index (χ4n) is 2.09. The van der Waals surface area contributed by atoms with Crippen LogP contribution >= 0.6 is 0 Å². The van der Waals surface area contributed by atoms with E-state index in [-0.39, 0.29) is 17.5 Å². The minimum atomic E-state index is -0.356. The van der Waals surface area contributed by atoms with Crippen molar-refractivity contribution in [2.24, 2.45) is 0 Å². The van der Waals surface area contributed by atoms with E-state index in [9.17, 15) is 9.59 Å². The standard InChI is InChI=1S/C16H14N4O2/c1-9(21)10-2-7-13-14(8-10)20-15(19-13)16(22)18-12-5-3-11(17)4-6-12/h2-8H,17H2,1H3,(H,18,22)(H,19,20). The second kappa shape index (κ2) is 5.33. The van der Waals surface area contributed by atoms with Gasteiger partial charge in [-0.15, -0.1) is 0 Å². The second-order valence-corrected chi connectivity index (χ2v) is 4.95. The third-order valence-electron chi connectivity index (χ3n) is 3.27. The Bertz CT molecular complexity index is 865. The molecule has 0 unspecified atom stereocenters. The zero-order valence-corrected chi connectivity index (χ0v) is 11.9. The van der Waals surface area contributed by atoms with Gasteiger partial charge in [0.05, 0.1) is 11.0 Å². The molecule has 22 heavy (non-hydrogen) atoms. The van der Waals surface area contributed by atoms with E-state index < -0.39 is 0 Å². The topological polar surface area (TPSA) is 101 Å². The molecule has 0 aliphatic carbocycles. The van der Waals surface area contributed by atoms with E-state index in [0.29, 0.717) is 28.0 Å². The van der Waals surface area contributed by atoms with Gasteiger partial charge in [0.1, 0.15) is 0 Å². The summed E-state index contributed by atoms with van der Waals surface area (Å²) < 4.78 is 0. The summed E-state index contributed by atoms with van der Waals surface area (Å²) in [5.41, 5.74) is 8.69. The van der Waals surface area contributed by atoms with E-state index in [4.69, 9.17) is 5.73 Å². The molecule has 0 atom stereocenters. The molecular weight excluding hydrogens is 280 g/mol. The molecule has 3 rings (SSSR count). The monoisotopic (exact) mass is 294 g/mol. The molecule has 0 fully saturated rings. The number of ketones is 1. The zero-order chi connectivity index (χ0) is 15.7. The summed E-state index contributed by atoms with van der Waals surface area (Å²) in [6.07, 6.45) is 0. The van der Waals surface area contributed by atoms with Gasteiger partial charge < -0.3 is 16.0 Å². The van der Waals surface area contributed by atoms with Gasteiger partial charge in [-0.3, -0.25) is 9.59 Å². The molecule has 0 radical (unpaired) electrons. The molecule has 0 bridgehead atoms. The average Bonchev–Trinajstić information content (AvgIpc) is 2.92. The van der Waals surface area contributed by atoms with Crippen molar-refractivity contribution in [1.82, 2.24) is 9.97 Å². The average molecular weight is 294 g/mol. The number of hydrogen-bond acceptors (Lipinski definition) is 4. The first-order valence-corrected chi connectivity index (χ1v) is 6.70. The van der Waals surface area contributed by atoms with Crippen molar-refractivity contribution < 1.29 is 9.59 Å². The Morgan fingerprint density at radius 1 is 1.14 bits per heavy atom. The van der Waals surface area contributed by atoms with Crippen LogP contribution in [0, 0.1) is 0 Å². The molecule has 0 spiro atoms. The largest absolute Gasteiger partial charge is 0.399 e. The van der Waals surface area contributed by atoms with E-state index in [0.717, 1.165) is 0 Å².